The number of ketones is 1. The second-order valence-electron chi connectivity index (χ2n) is 2.24. The molecule has 14 heavy (non-hydrogen) atoms. The molecule has 0 aromatic heterocycles. The van der Waals surface area contributed by atoms with E-state index in [9.17, 15) is 9.59 Å². The van der Waals surface area contributed by atoms with E-state index in [2.05, 4.69) is 22.6 Å². The van der Waals surface area contributed by atoms with E-state index in [1.165, 1.54) is 13.0 Å². The first kappa shape index (κ1) is 11.9. The molecule has 0 aromatic carbocycles. The average Bonchev–Trinajstić information content (AvgIpc) is 2.15. The van der Waals surface area contributed by atoms with Crippen molar-refractivity contribution in [1.82, 2.24) is 0 Å². The number of nitriles is 1. The number of ether oxygens (including phenoxy) is 2. The van der Waals surface area contributed by atoms with Gasteiger partial charge in [0.2, 0.25) is 5.78 Å². The Labute approximate surface area is 81.2 Å². The van der Waals surface area contributed by atoms with Crippen molar-refractivity contribution in [3.8, 4) is 6.07 Å². The van der Waals surface area contributed by atoms with Gasteiger partial charge in [0.15, 0.2) is 0 Å². The van der Waals surface area contributed by atoms with Crippen LogP contribution in [0.25, 0.3) is 0 Å². The SMILES string of the molecule is C=COC(OC(=O)C(=C)C#N)C(C)=O. The van der Waals surface area contributed by atoms with Crippen LogP contribution in [0, 0.1) is 11.3 Å². The minimum atomic E-state index is -1.37. The third kappa shape index (κ3) is 3.54. The first-order chi connectivity index (χ1) is 6.52. The van der Waals surface area contributed by atoms with Crippen LogP contribution in [0.15, 0.2) is 25.0 Å². The molecule has 0 fully saturated rings. The van der Waals surface area contributed by atoms with Gasteiger partial charge in [-0.2, -0.15) is 5.26 Å². The van der Waals surface area contributed by atoms with E-state index >= 15 is 0 Å². The summed E-state index contributed by atoms with van der Waals surface area (Å²) in [6.45, 7) is 7.50. The molecule has 74 valence electrons. The van der Waals surface area contributed by atoms with Crippen LogP contribution < -0.4 is 0 Å². The lowest BCUT2D eigenvalue weighted by molar-refractivity contribution is -0.171. The molecule has 0 N–H and O–H groups in total. The molecule has 5 heteroatoms. The lowest BCUT2D eigenvalue weighted by Gasteiger charge is -2.12. The molecular weight excluding hydrogens is 186 g/mol. The standard InChI is InChI=1S/C9H9NO4/c1-4-13-9(7(3)11)14-8(12)6(2)5-10/h4,9H,1-2H2,3H3. The zero-order valence-electron chi connectivity index (χ0n) is 7.65. The van der Waals surface area contributed by atoms with E-state index < -0.39 is 23.6 Å². The Kier molecular flexibility index (Phi) is 4.71. The van der Waals surface area contributed by atoms with Gasteiger partial charge in [-0.05, 0) is 0 Å². The monoisotopic (exact) mass is 195 g/mol. The van der Waals surface area contributed by atoms with Crippen molar-refractivity contribution >= 4 is 11.8 Å². The van der Waals surface area contributed by atoms with Gasteiger partial charge in [-0.25, -0.2) is 4.79 Å². The van der Waals surface area contributed by atoms with E-state index in [1.807, 2.05) is 0 Å². The first-order valence-corrected chi connectivity index (χ1v) is 3.59. The number of hydrogen-bond acceptors (Lipinski definition) is 5. The number of carbonyl (C=O) groups excluding carboxylic acids is 2. The second kappa shape index (κ2) is 5.54. The highest BCUT2D eigenvalue weighted by molar-refractivity contribution is 5.93. The first-order valence-electron chi connectivity index (χ1n) is 3.59. The molecule has 1 unspecified atom stereocenters. The number of Topliss-reactive ketones (excluding diaryl/α,β-unsaturated/α-hetero) is 1. The average molecular weight is 195 g/mol. The van der Waals surface area contributed by atoms with Crippen LogP contribution in [-0.2, 0) is 19.1 Å². The molecular formula is C9H9NO4. The second-order valence-corrected chi connectivity index (χ2v) is 2.24. The molecule has 0 saturated carbocycles. The van der Waals surface area contributed by atoms with Gasteiger partial charge in [0.1, 0.15) is 11.6 Å². The molecule has 0 saturated heterocycles. The van der Waals surface area contributed by atoms with Crippen LogP contribution in [0.2, 0.25) is 0 Å². The molecule has 0 bridgehead atoms. The lowest BCUT2D eigenvalue weighted by Crippen LogP contribution is -2.27. The Hall–Kier alpha value is -2.09. The van der Waals surface area contributed by atoms with Gasteiger partial charge in [0.05, 0.1) is 6.26 Å². The Morgan fingerprint density at radius 3 is 2.50 bits per heavy atom. The summed E-state index contributed by atoms with van der Waals surface area (Å²) in [5.74, 6) is -1.50. The van der Waals surface area contributed by atoms with E-state index in [-0.39, 0.29) is 0 Å². The zero-order valence-corrected chi connectivity index (χ0v) is 7.65. The number of hydrogen-bond donors (Lipinski definition) is 0. The highest BCUT2D eigenvalue weighted by Crippen LogP contribution is 2.02. The molecule has 1 atom stereocenters. The molecule has 0 radical (unpaired) electrons. The number of rotatable bonds is 5. The fourth-order valence-corrected chi connectivity index (χ4v) is 0.508. The zero-order chi connectivity index (χ0) is 11.1. The van der Waals surface area contributed by atoms with Gasteiger partial charge in [0.25, 0.3) is 0 Å². The van der Waals surface area contributed by atoms with Crippen molar-refractivity contribution in [1.29, 1.82) is 5.26 Å². The quantitative estimate of drug-likeness (QED) is 0.212. The molecule has 5 nitrogen and oxygen atoms in total. The summed E-state index contributed by atoms with van der Waals surface area (Å²) < 4.78 is 9.09. The predicted molar refractivity (Wildman–Crippen MR) is 46.6 cm³/mol. The fraction of sp³-hybridized carbons (Fsp3) is 0.222. The largest absolute Gasteiger partial charge is 0.456 e. The summed E-state index contributed by atoms with van der Waals surface area (Å²) in [6.07, 6.45) is -0.404. The summed E-state index contributed by atoms with van der Waals surface area (Å²) >= 11 is 0. The molecule has 0 aromatic rings. The highest BCUT2D eigenvalue weighted by atomic mass is 16.7. The molecule has 0 spiro atoms. The Bertz CT molecular complexity index is 313. The van der Waals surface area contributed by atoms with Crippen LogP contribution in [-0.4, -0.2) is 18.0 Å². The summed E-state index contributed by atoms with van der Waals surface area (Å²) in [5, 5.41) is 8.29. The van der Waals surface area contributed by atoms with Crippen molar-refractivity contribution in [3.63, 3.8) is 0 Å². The number of nitrogens with zero attached hydrogens (tertiary/aromatic N) is 1. The molecule has 0 aliphatic carbocycles. The molecule has 0 rings (SSSR count). The van der Waals surface area contributed by atoms with Crippen molar-refractivity contribution in [2.45, 2.75) is 13.2 Å². The predicted octanol–water partition coefficient (Wildman–Crippen LogP) is 0.685. The van der Waals surface area contributed by atoms with Crippen molar-refractivity contribution < 1.29 is 19.1 Å². The Morgan fingerprint density at radius 2 is 2.14 bits per heavy atom. The van der Waals surface area contributed by atoms with E-state index in [1.54, 1.807) is 0 Å². The molecule has 0 amide bonds. The smallest absolute Gasteiger partial charge is 0.351 e. The van der Waals surface area contributed by atoms with Crippen LogP contribution in [0.1, 0.15) is 6.92 Å². The lowest BCUT2D eigenvalue weighted by atomic mass is 10.3. The van der Waals surface area contributed by atoms with Crippen LogP contribution in [0.4, 0.5) is 0 Å². The Balaban J connectivity index is 4.39. The number of esters is 1. The van der Waals surface area contributed by atoms with Gasteiger partial charge >= 0.3 is 12.3 Å². The van der Waals surface area contributed by atoms with Gasteiger partial charge in [-0.15, -0.1) is 0 Å². The Morgan fingerprint density at radius 1 is 1.57 bits per heavy atom. The van der Waals surface area contributed by atoms with Crippen LogP contribution in [0.3, 0.4) is 0 Å². The van der Waals surface area contributed by atoms with E-state index in [4.69, 9.17) is 5.26 Å². The van der Waals surface area contributed by atoms with Crippen LogP contribution in [0.5, 0.6) is 0 Å². The summed E-state index contributed by atoms with van der Waals surface area (Å²) in [4.78, 5) is 21.8. The molecule has 0 heterocycles. The maximum atomic E-state index is 11.0. The third-order valence-electron chi connectivity index (χ3n) is 1.15. The van der Waals surface area contributed by atoms with Crippen LogP contribution >= 0.6 is 0 Å². The van der Waals surface area contributed by atoms with Gasteiger partial charge < -0.3 is 9.47 Å². The summed E-state index contributed by atoms with van der Waals surface area (Å²) in [6, 6.07) is 1.49. The van der Waals surface area contributed by atoms with E-state index in [0.717, 1.165) is 6.26 Å². The summed E-state index contributed by atoms with van der Waals surface area (Å²) in [7, 11) is 0. The topological polar surface area (TPSA) is 76.4 Å². The normalized spacial score (nSPS) is 10.6. The molecule has 0 aliphatic rings. The van der Waals surface area contributed by atoms with Crippen molar-refractivity contribution in [3.05, 3.63) is 25.0 Å². The van der Waals surface area contributed by atoms with Gasteiger partial charge in [-0.3, -0.25) is 4.79 Å². The highest BCUT2D eigenvalue weighted by Gasteiger charge is 2.20. The third-order valence-corrected chi connectivity index (χ3v) is 1.15. The van der Waals surface area contributed by atoms with Gasteiger partial charge in [-0.1, -0.05) is 13.2 Å². The maximum Gasteiger partial charge on any atom is 0.351 e. The minimum absolute atomic E-state index is 0.399. The van der Waals surface area contributed by atoms with Crippen molar-refractivity contribution in [2.24, 2.45) is 0 Å². The fourth-order valence-electron chi connectivity index (χ4n) is 0.508. The van der Waals surface area contributed by atoms with Gasteiger partial charge in [0, 0.05) is 6.92 Å². The molecule has 0 aliphatic heterocycles. The number of carbonyl (C=O) groups is 2. The maximum absolute atomic E-state index is 11.0. The van der Waals surface area contributed by atoms with Crippen molar-refractivity contribution in [2.75, 3.05) is 0 Å². The van der Waals surface area contributed by atoms with E-state index in [0.29, 0.717) is 0 Å². The minimum Gasteiger partial charge on any atom is -0.456 e. The summed E-state index contributed by atoms with van der Waals surface area (Å²) in [5.41, 5.74) is -0.399.